The van der Waals surface area contributed by atoms with E-state index in [2.05, 4.69) is 25.7 Å². The minimum atomic E-state index is -0.00775. The molecule has 0 fully saturated rings. The second-order valence-corrected chi connectivity index (χ2v) is 7.24. The molecular weight excluding hydrogens is 310 g/mol. The monoisotopic (exact) mass is 355 g/mol. The Bertz CT molecular complexity index is 277. The lowest BCUT2D eigenvalue weighted by Gasteiger charge is -2.17. The summed E-state index contributed by atoms with van der Waals surface area (Å²) in [5, 5.41) is 0. The molecule has 25 heavy (non-hydrogen) atoms. The highest BCUT2D eigenvalue weighted by Crippen LogP contribution is 2.11. The van der Waals surface area contributed by atoms with Crippen LogP contribution in [-0.2, 0) is 9.53 Å². The number of hydrogen-bond acceptors (Lipinski definition) is 3. The van der Waals surface area contributed by atoms with E-state index in [9.17, 15) is 4.79 Å². The number of carbonyl (C=O) groups is 1. The summed E-state index contributed by atoms with van der Waals surface area (Å²) in [6.07, 6.45) is 17.2. The van der Waals surface area contributed by atoms with Gasteiger partial charge in [-0.1, -0.05) is 85.0 Å². The third-order valence-electron chi connectivity index (χ3n) is 5.01. The van der Waals surface area contributed by atoms with Gasteiger partial charge in [0, 0.05) is 6.42 Å². The Morgan fingerprint density at radius 3 is 1.72 bits per heavy atom. The summed E-state index contributed by atoms with van der Waals surface area (Å²) in [4.78, 5) is 14.1. The zero-order chi connectivity index (χ0) is 18.6. The highest BCUT2D eigenvalue weighted by Gasteiger charge is 2.04. The van der Waals surface area contributed by atoms with Crippen LogP contribution in [0.15, 0.2) is 0 Å². The summed E-state index contributed by atoms with van der Waals surface area (Å²) in [5.41, 5.74) is 0. The fraction of sp³-hybridized carbons (Fsp3) is 0.955. The molecule has 0 aromatic heterocycles. The first-order valence-electron chi connectivity index (χ1n) is 11.1. The molecule has 0 unspecified atom stereocenters. The summed E-state index contributed by atoms with van der Waals surface area (Å²) in [6, 6.07) is 0. The molecule has 0 rings (SSSR count). The van der Waals surface area contributed by atoms with E-state index < -0.39 is 0 Å². The van der Waals surface area contributed by atoms with Gasteiger partial charge < -0.3 is 9.64 Å². The lowest BCUT2D eigenvalue weighted by atomic mass is 10.1. The van der Waals surface area contributed by atoms with Crippen molar-refractivity contribution in [1.82, 2.24) is 4.90 Å². The van der Waals surface area contributed by atoms with Gasteiger partial charge in [-0.15, -0.1) is 0 Å². The highest BCUT2D eigenvalue weighted by molar-refractivity contribution is 5.69. The number of carbonyl (C=O) groups excluding carboxylic acids is 1. The molecule has 0 saturated heterocycles. The fourth-order valence-electron chi connectivity index (χ4n) is 3.17. The van der Waals surface area contributed by atoms with E-state index >= 15 is 0 Å². The highest BCUT2D eigenvalue weighted by atomic mass is 16.5. The number of esters is 1. The molecule has 0 aromatic rings. The molecule has 150 valence electrons. The van der Waals surface area contributed by atoms with Crippen molar-refractivity contribution >= 4 is 5.97 Å². The lowest BCUT2D eigenvalue weighted by molar-refractivity contribution is -0.143. The molecule has 0 radical (unpaired) electrons. The van der Waals surface area contributed by atoms with E-state index in [0.29, 0.717) is 13.0 Å². The Morgan fingerprint density at radius 1 is 0.680 bits per heavy atom. The van der Waals surface area contributed by atoms with E-state index in [0.717, 1.165) is 38.9 Å². The van der Waals surface area contributed by atoms with Gasteiger partial charge in [-0.25, -0.2) is 0 Å². The van der Waals surface area contributed by atoms with E-state index in [-0.39, 0.29) is 5.97 Å². The van der Waals surface area contributed by atoms with Gasteiger partial charge in [0.05, 0.1) is 6.61 Å². The minimum absolute atomic E-state index is 0.00775. The molecule has 0 bridgehead atoms. The molecular formula is C22H45NO2. The molecule has 0 aliphatic rings. The average molecular weight is 356 g/mol. The third kappa shape index (κ3) is 18.0. The van der Waals surface area contributed by atoms with Gasteiger partial charge in [-0.3, -0.25) is 4.79 Å². The quantitative estimate of drug-likeness (QED) is 0.200. The van der Waals surface area contributed by atoms with E-state index in [4.69, 9.17) is 4.74 Å². The standard InChI is InChI=1S/C22H45NO2/c1-4-7-8-9-10-11-12-13-14-15-18-21-25-22(24)19-16-17-20-23(5-2)6-3/h4-21H2,1-3H3. The largest absolute Gasteiger partial charge is 0.466 e. The van der Waals surface area contributed by atoms with Gasteiger partial charge in [-0.2, -0.15) is 0 Å². The van der Waals surface area contributed by atoms with Crippen LogP contribution in [0.1, 0.15) is 111 Å². The van der Waals surface area contributed by atoms with Crippen LogP contribution in [0.4, 0.5) is 0 Å². The zero-order valence-electron chi connectivity index (χ0n) is 17.5. The molecule has 3 nitrogen and oxygen atoms in total. The van der Waals surface area contributed by atoms with Crippen LogP contribution in [0.25, 0.3) is 0 Å². The Kier molecular flexibility index (Phi) is 19.3. The van der Waals surface area contributed by atoms with Crippen LogP contribution in [0.5, 0.6) is 0 Å². The van der Waals surface area contributed by atoms with Gasteiger partial charge in [0.25, 0.3) is 0 Å². The molecule has 0 aliphatic heterocycles. The van der Waals surface area contributed by atoms with Crippen molar-refractivity contribution in [3.8, 4) is 0 Å². The molecule has 0 saturated carbocycles. The molecule has 0 atom stereocenters. The van der Waals surface area contributed by atoms with Crippen molar-refractivity contribution in [1.29, 1.82) is 0 Å². The first-order valence-corrected chi connectivity index (χ1v) is 11.1. The SMILES string of the molecule is CCCCCCCCCCCCCOC(=O)CCCCN(CC)CC. The second kappa shape index (κ2) is 19.8. The molecule has 0 amide bonds. The number of ether oxygens (including phenoxy) is 1. The van der Waals surface area contributed by atoms with Crippen LogP contribution in [-0.4, -0.2) is 37.1 Å². The summed E-state index contributed by atoms with van der Waals surface area (Å²) < 4.78 is 5.33. The number of nitrogens with zero attached hydrogens (tertiary/aromatic N) is 1. The second-order valence-electron chi connectivity index (χ2n) is 7.24. The predicted octanol–water partition coefficient (Wildman–Crippen LogP) is 6.35. The molecule has 0 heterocycles. The molecule has 0 spiro atoms. The van der Waals surface area contributed by atoms with Gasteiger partial charge in [-0.05, 0) is 38.9 Å². The van der Waals surface area contributed by atoms with Gasteiger partial charge in [0.2, 0.25) is 0 Å². The Balaban J connectivity index is 3.22. The summed E-state index contributed by atoms with van der Waals surface area (Å²) in [5.74, 6) is -0.00775. The molecule has 0 aromatic carbocycles. The summed E-state index contributed by atoms with van der Waals surface area (Å²) in [7, 11) is 0. The Labute approximate surface area is 157 Å². The zero-order valence-corrected chi connectivity index (χ0v) is 17.5. The van der Waals surface area contributed by atoms with Crippen LogP contribution < -0.4 is 0 Å². The maximum absolute atomic E-state index is 11.7. The number of hydrogen-bond donors (Lipinski definition) is 0. The van der Waals surface area contributed by atoms with Crippen molar-refractivity contribution in [3.05, 3.63) is 0 Å². The van der Waals surface area contributed by atoms with Crippen molar-refractivity contribution in [2.45, 2.75) is 111 Å². The smallest absolute Gasteiger partial charge is 0.305 e. The predicted molar refractivity (Wildman–Crippen MR) is 109 cm³/mol. The average Bonchev–Trinajstić information content (AvgIpc) is 2.62. The molecule has 0 aliphatic carbocycles. The van der Waals surface area contributed by atoms with Gasteiger partial charge in [0.1, 0.15) is 0 Å². The van der Waals surface area contributed by atoms with Crippen LogP contribution in [0, 0.1) is 0 Å². The maximum Gasteiger partial charge on any atom is 0.305 e. The summed E-state index contributed by atoms with van der Waals surface area (Å²) in [6.45, 7) is 10.5. The normalized spacial score (nSPS) is 11.2. The van der Waals surface area contributed by atoms with E-state index in [1.54, 1.807) is 0 Å². The Hall–Kier alpha value is -0.570. The first kappa shape index (κ1) is 24.4. The topological polar surface area (TPSA) is 29.5 Å². The molecule has 0 N–H and O–H groups in total. The van der Waals surface area contributed by atoms with E-state index in [1.807, 2.05) is 0 Å². The third-order valence-corrected chi connectivity index (χ3v) is 5.01. The number of rotatable bonds is 19. The summed E-state index contributed by atoms with van der Waals surface area (Å²) >= 11 is 0. The lowest BCUT2D eigenvalue weighted by Crippen LogP contribution is -2.24. The number of unbranched alkanes of at least 4 members (excludes halogenated alkanes) is 11. The molecule has 3 heteroatoms. The van der Waals surface area contributed by atoms with Crippen molar-refractivity contribution in [3.63, 3.8) is 0 Å². The van der Waals surface area contributed by atoms with Crippen molar-refractivity contribution in [2.75, 3.05) is 26.2 Å². The van der Waals surface area contributed by atoms with Gasteiger partial charge >= 0.3 is 5.97 Å². The van der Waals surface area contributed by atoms with Gasteiger partial charge in [0.15, 0.2) is 0 Å². The van der Waals surface area contributed by atoms with E-state index in [1.165, 1.54) is 64.2 Å². The minimum Gasteiger partial charge on any atom is -0.466 e. The van der Waals surface area contributed by atoms with Crippen LogP contribution in [0.2, 0.25) is 0 Å². The van der Waals surface area contributed by atoms with Crippen LogP contribution >= 0.6 is 0 Å². The Morgan fingerprint density at radius 2 is 1.20 bits per heavy atom. The maximum atomic E-state index is 11.7. The first-order chi connectivity index (χ1) is 12.2. The van der Waals surface area contributed by atoms with Crippen molar-refractivity contribution in [2.24, 2.45) is 0 Å². The fourth-order valence-corrected chi connectivity index (χ4v) is 3.17. The van der Waals surface area contributed by atoms with Crippen molar-refractivity contribution < 1.29 is 9.53 Å². The van der Waals surface area contributed by atoms with Crippen LogP contribution in [0.3, 0.4) is 0 Å².